The van der Waals surface area contributed by atoms with Crippen molar-refractivity contribution < 1.29 is 24.6 Å². The SMILES string of the molecule is NC(=O)C1(O)CC(Cl)=CC=C1C(=O)N1CCN(C(=O)O)CC1. The highest BCUT2D eigenvalue weighted by atomic mass is 35.5. The second kappa shape index (κ2) is 5.98. The van der Waals surface area contributed by atoms with Gasteiger partial charge in [-0.15, -0.1) is 0 Å². The topological polar surface area (TPSA) is 124 Å². The Morgan fingerprint density at radius 1 is 1.14 bits per heavy atom. The highest BCUT2D eigenvalue weighted by Crippen LogP contribution is 2.32. The monoisotopic (exact) mass is 329 g/mol. The Kier molecular flexibility index (Phi) is 4.43. The third kappa shape index (κ3) is 2.93. The first-order valence-electron chi connectivity index (χ1n) is 6.62. The number of hydrogen-bond donors (Lipinski definition) is 3. The van der Waals surface area contributed by atoms with Crippen LogP contribution >= 0.6 is 11.6 Å². The molecule has 0 bridgehead atoms. The number of allylic oxidation sites excluding steroid dienone is 2. The van der Waals surface area contributed by atoms with Gasteiger partial charge in [0.25, 0.3) is 11.8 Å². The summed E-state index contributed by atoms with van der Waals surface area (Å²) in [6, 6.07) is 0. The van der Waals surface area contributed by atoms with Gasteiger partial charge >= 0.3 is 6.09 Å². The molecule has 9 heteroatoms. The van der Waals surface area contributed by atoms with Gasteiger partial charge in [0.2, 0.25) is 0 Å². The molecule has 1 heterocycles. The fraction of sp³-hybridized carbons (Fsp3) is 0.462. The zero-order valence-electron chi connectivity index (χ0n) is 11.7. The van der Waals surface area contributed by atoms with Crippen molar-refractivity contribution >= 4 is 29.5 Å². The fourth-order valence-corrected chi connectivity index (χ4v) is 2.71. The minimum atomic E-state index is -2.15. The molecule has 1 fully saturated rings. The minimum absolute atomic E-state index is 0.145. The summed E-state index contributed by atoms with van der Waals surface area (Å²) in [5, 5.41) is 19.5. The second-order valence-electron chi connectivity index (χ2n) is 5.16. The fourth-order valence-electron chi connectivity index (χ4n) is 2.45. The molecular formula is C13H16ClN3O5. The van der Waals surface area contributed by atoms with Crippen molar-refractivity contribution in [2.24, 2.45) is 5.73 Å². The number of amides is 3. The summed E-state index contributed by atoms with van der Waals surface area (Å²) >= 11 is 5.81. The quantitative estimate of drug-likeness (QED) is 0.628. The van der Waals surface area contributed by atoms with E-state index in [1.165, 1.54) is 22.0 Å². The summed E-state index contributed by atoms with van der Waals surface area (Å²) in [4.78, 5) is 37.5. The molecule has 0 spiro atoms. The van der Waals surface area contributed by atoms with E-state index in [9.17, 15) is 19.5 Å². The van der Waals surface area contributed by atoms with Gasteiger partial charge in [-0.1, -0.05) is 11.6 Å². The van der Waals surface area contributed by atoms with Crippen LogP contribution in [0.1, 0.15) is 6.42 Å². The van der Waals surface area contributed by atoms with Crippen LogP contribution < -0.4 is 5.73 Å². The molecule has 2 aliphatic rings. The maximum absolute atomic E-state index is 12.5. The largest absolute Gasteiger partial charge is 0.465 e. The molecule has 2 rings (SSSR count). The predicted octanol–water partition coefficient (Wildman–Crippen LogP) is -0.522. The molecule has 0 aromatic rings. The number of carbonyl (C=O) groups excluding carboxylic acids is 2. The van der Waals surface area contributed by atoms with Crippen molar-refractivity contribution in [1.29, 1.82) is 0 Å². The van der Waals surface area contributed by atoms with Crippen molar-refractivity contribution in [3.05, 3.63) is 22.8 Å². The number of primary amides is 1. The molecule has 1 aliphatic carbocycles. The maximum Gasteiger partial charge on any atom is 0.407 e. The molecule has 4 N–H and O–H groups in total. The predicted molar refractivity (Wildman–Crippen MR) is 77.0 cm³/mol. The summed E-state index contributed by atoms with van der Waals surface area (Å²) in [7, 11) is 0. The van der Waals surface area contributed by atoms with Crippen LogP contribution in [0.3, 0.4) is 0 Å². The molecule has 8 nitrogen and oxygen atoms in total. The van der Waals surface area contributed by atoms with Crippen LogP contribution in [0, 0.1) is 0 Å². The summed E-state index contributed by atoms with van der Waals surface area (Å²) in [5.41, 5.74) is 2.92. The number of nitrogens with zero attached hydrogens (tertiary/aromatic N) is 2. The van der Waals surface area contributed by atoms with Gasteiger partial charge < -0.3 is 25.7 Å². The third-order valence-electron chi connectivity index (χ3n) is 3.78. The zero-order valence-corrected chi connectivity index (χ0v) is 12.4. The molecule has 22 heavy (non-hydrogen) atoms. The van der Waals surface area contributed by atoms with Crippen molar-refractivity contribution in [3.63, 3.8) is 0 Å². The molecule has 1 saturated heterocycles. The van der Waals surface area contributed by atoms with Gasteiger partial charge in [-0.3, -0.25) is 9.59 Å². The first kappa shape index (κ1) is 16.3. The van der Waals surface area contributed by atoms with Gasteiger partial charge in [-0.05, 0) is 12.2 Å². The van der Waals surface area contributed by atoms with Crippen LogP contribution in [0.5, 0.6) is 0 Å². The summed E-state index contributed by atoms with van der Waals surface area (Å²) in [6.07, 6.45) is 1.41. The van der Waals surface area contributed by atoms with E-state index in [0.29, 0.717) is 0 Å². The first-order chi connectivity index (χ1) is 10.3. The number of carbonyl (C=O) groups is 3. The molecular weight excluding hydrogens is 314 g/mol. The lowest BCUT2D eigenvalue weighted by Gasteiger charge is -2.36. The standard InChI is InChI=1S/C13H16ClN3O5/c14-8-1-2-9(13(22,7-8)11(15)19)10(18)16-3-5-17(6-4-16)12(20)21/h1-2,22H,3-7H2,(H2,15,19)(H,20,21). The molecule has 0 radical (unpaired) electrons. The van der Waals surface area contributed by atoms with Crippen molar-refractivity contribution in [3.8, 4) is 0 Å². The van der Waals surface area contributed by atoms with Gasteiger partial charge in [-0.25, -0.2) is 4.79 Å². The van der Waals surface area contributed by atoms with Crippen molar-refractivity contribution in [2.45, 2.75) is 12.0 Å². The van der Waals surface area contributed by atoms with Crippen LogP contribution in [0.25, 0.3) is 0 Å². The lowest BCUT2D eigenvalue weighted by Crippen LogP contribution is -2.55. The van der Waals surface area contributed by atoms with Crippen LogP contribution in [-0.2, 0) is 9.59 Å². The van der Waals surface area contributed by atoms with E-state index in [2.05, 4.69) is 0 Å². The van der Waals surface area contributed by atoms with E-state index < -0.39 is 23.5 Å². The Morgan fingerprint density at radius 3 is 2.18 bits per heavy atom. The summed E-state index contributed by atoms with van der Waals surface area (Å²) in [6.45, 7) is 0.684. The van der Waals surface area contributed by atoms with E-state index in [4.69, 9.17) is 22.4 Å². The van der Waals surface area contributed by atoms with Crippen molar-refractivity contribution in [1.82, 2.24) is 9.80 Å². The molecule has 1 unspecified atom stereocenters. The Labute approximate surface area is 131 Å². The maximum atomic E-state index is 12.5. The van der Waals surface area contributed by atoms with Gasteiger partial charge in [0.1, 0.15) is 0 Å². The van der Waals surface area contributed by atoms with E-state index in [1.54, 1.807) is 0 Å². The zero-order chi connectivity index (χ0) is 16.5. The molecule has 1 atom stereocenters. The lowest BCUT2D eigenvalue weighted by molar-refractivity contribution is -0.139. The van der Waals surface area contributed by atoms with Gasteiger partial charge in [0.05, 0.1) is 5.57 Å². The molecule has 0 saturated carbocycles. The number of hydrogen-bond acceptors (Lipinski definition) is 4. The molecule has 120 valence electrons. The Morgan fingerprint density at radius 2 is 1.68 bits per heavy atom. The van der Waals surface area contributed by atoms with Gasteiger partial charge in [0.15, 0.2) is 5.60 Å². The minimum Gasteiger partial charge on any atom is -0.465 e. The number of nitrogens with two attached hydrogens (primary N) is 1. The highest BCUT2D eigenvalue weighted by Gasteiger charge is 2.45. The number of halogens is 1. The molecule has 1 aliphatic heterocycles. The van der Waals surface area contributed by atoms with E-state index in [0.717, 1.165) is 0 Å². The third-order valence-corrected chi connectivity index (χ3v) is 4.04. The summed E-state index contributed by atoms with van der Waals surface area (Å²) in [5.74, 6) is -1.60. The number of piperazine rings is 1. The normalized spacial score (nSPS) is 25.4. The van der Waals surface area contributed by atoms with Crippen molar-refractivity contribution in [2.75, 3.05) is 26.2 Å². The Bertz CT molecular complexity index is 580. The summed E-state index contributed by atoms with van der Waals surface area (Å²) < 4.78 is 0. The number of carboxylic acid groups (broad SMARTS) is 1. The van der Waals surface area contributed by atoms with E-state index in [-0.39, 0.29) is 43.2 Å². The smallest absolute Gasteiger partial charge is 0.407 e. The molecule has 0 aromatic carbocycles. The Balaban J connectivity index is 2.18. The van der Waals surface area contributed by atoms with Crippen LogP contribution in [0.4, 0.5) is 4.79 Å². The Hall–Kier alpha value is -2.06. The van der Waals surface area contributed by atoms with Crippen LogP contribution in [-0.4, -0.2) is 69.7 Å². The molecule has 3 amide bonds. The first-order valence-corrected chi connectivity index (χ1v) is 7.00. The average Bonchev–Trinajstić information content (AvgIpc) is 2.46. The number of rotatable bonds is 2. The highest BCUT2D eigenvalue weighted by molar-refractivity contribution is 6.30. The van der Waals surface area contributed by atoms with Gasteiger partial charge in [-0.2, -0.15) is 0 Å². The van der Waals surface area contributed by atoms with E-state index >= 15 is 0 Å². The average molecular weight is 330 g/mol. The second-order valence-corrected chi connectivity index (χ2v) is 5.64. The van der Waals surface area contributed by atoms with Crippen LogP contribution in [0.2, 0.25) is 0 Å². The number of aliphatic hydroxyl groups is 1. The molecule has 0 aromatic heterocycles. The van der Waals surface area contributed by atoms with Gasteiger partial charge in [0, 0.05) is 37.6 Å². The lowest BCUT2D eigenvalue weighted by atomic mass is 9.84. The van der Waals surface area contributed by atoms with E-state index in [1.807, 2.05) is 0 Å². The van der Waals surface area contributed by atoms with Crippen LogP contribution in [0.15, 0.2) is 22.8 Å².